The van der Waals surface area contributed by atoms with Gasteiger partial charge in [-0.1, -0.05) is 6.92 Å². The number of nitrogens with one attached hydrogen (secondary N) is 1. The third kappa shape index (κ3) is 5.04. The maximum atomic E-state index is 11.4. The Kier molecular flexibility index (Phi) is 7.48. The second kappa shape index (κ2) is 8.60. The molecule has 0 spiro atoms. The van der Waals surface area contributed by atoms with Crippen LogP contribution in [0.3, 0.4) is 0 Å². The van der Waals surface area contributed by atoms with Gasteiger partial charge in [-0.2, -0.15) is 0 Å². The van der Waals surface area contributed by atoms with E-state index in [0.29, 0.717) is 18.9 Å². The monoisotopic (exact) mass is 286 g/mol. The summed E-state index contributed by atoms with van der Waals surface area (Å²) in [6.45, 7) is 4.67. The van der Waals surface area contributed by atoms with E-state index in [1.807, 2.05) is 6.92 Å². The molecule has 20 heavy (non-hydrogen) atoms. The maximum Gasteiger partial charge on any atom is 0.323 e. The van der Waals surface area contributed by atoms with Gasteiger partial charge in [-0.25, -0.2) is 0 Å². The number of aliphatic carboxylic acids is 1. The van der Waals surface area contributed by atoms with Gasteiger partial charge in [0.25, 0.3) is 0 Å². The van der Waals surface area contributed by atoms with Crippen molar-refractivity contribution in [2.45, 2.75) is 57.1 Å². The third-order valence-corrected chi connectivity index (χ3v) is 4.42. The van der Waals surface area contributed by atoms with Crippen molar-refractivity contribution in [3.8, 4) is 0 Å². The number of hydrogen-bond donors (Lipinski definition) is 2. The van der Waals surface area contributed by atoms with Crippen LogP contribution in [0.15, 0.2) is 0 Å². The molecule has 5 nitrogen and oxygen atoms in total. The molecule has 2 unspecified atom stereocenters. The Bertz CT molecular complexity index is 287. The van der Waals surface area contributed by atoms with Crippen LogP contribution in [0.4, 0.5) is 0 Å². The van der Waals surface area contributed by atoms with Crippen LogP contribution in [0.2, 0.25) is 0 Å². The van der Waals surface area contributed by atoms with Crippen molar-refractivity contribution in [1.82, 2.24) is 10.2 Å². The lowest BCUT2D eigenvalue weighted by molar-refractivity contribution is -0.145. The maximum absolute atomic E-state index is 11.4. The number of hydrogen-bond acceptors (Lipinski definition) is 4. The third-order valence-electron chi connectivity index (χ3n) is 4.42. The van der Waals surface area contributed by atoms with Gasteiger partial charge in [0, 0.05) is 13.2 Å². The van der Waals surface area contributed by atoms with Crippen molar-refractivity contribution in [3.05, 3.63) is 0 Å². The molecule has 2 N–H and O–H groups in total. The molecule has 1 saturated heterocycles. The molecule has 1 fully saturated rings. The van der Waals surface area contributed by atoms with Gasteiger partial charge in [0.15, 0.2) is 0 Å². The molecule has 0 aliphatic carbocycles. The summed E-state index contributed by atoms with van der Waals surface area (Å²) in [6, 6.07) is 0. The van der Waals surface area contributed by atoms with Crippen molar-refractivity contribution in [1.29, 1.82) is 0 Å². The highest BCUT2D eigenvalue weighted by atomic mass is 16.5. The van der Waals surface area contributed by atoms with E-state index in [2.05, 4.69) is 17.3 Å². The normalized spacial score (nSPS) is 22.7. The summed E-state index contributed by atoms with van der Waals surface area (Å²) in [5.74, 6) is -0.749. The fraction of sp³-hybridized carbons (Fsp3) is 0.933. The van der Waals surface area contributed by atoms with Gasteiger partial charge in [-0.3, -0.25) is 4.79 Å². The number of carboxylic acid groups (broad SMARTS) is 1. The van der Waals surface area contributed by atoms with Gasteiger partial charge in [0.1, 0.15) is 5.54 Å². The first-order valence-electron chi connectivity index (χ1n) is 7.76. The van der Waals surface area contributed by atoms with Gasteiger partial charge in [-0.05, 0) is 59.2 Å². The first-order chi connectivity index (χ1) is 9.54. The molecule has 5 heteroatoms. The standard InChI is InChI=1S/C15H30N2O3/c1-4-15(16-2,14(18)19)9-7-10-17(3)12-13-8-5-6-11-20-13/h13,16H,4-12H2,1-3H3,(H,18,19). The molecule has 0 aromatic rings. The lowest BCUT2D eigenvalue weighted by atomic mass is 9.90. The van der Waals surface area contributed by atoms with Gasteiger partial charge in [0.05, 0.1) is 6.10 Å². The van der Waals surface area contributed by atoms with E-state index in [9.17, 15) is 9.90 Å². The minimum atomic E-state index is -0.776. The molecule has 1 rings (SSSR count). The summed E-state index contributed by atoms with van der Waals surface area (Å²) in [5.41, 5.74) is -0.776. The summed E-state index contributed by atoms with van der Waals surface area (Å²) in [6.07, 6.45) is 6.09. The summed E-state index contributed by atoms with van der Waals surface area (Å²) < 4.78 is 5.73. The van der Waals surface area contributed by atoms with Crippen molar-refractivity contribution in [2.75, 3.05) is 33.8 Å². The van der Waals surface area contributed by atoms with Crippen molar-refractivity contribution >= 4 is 5.97 Å². The number of ether oxygens (including phenoxy) is 1. The molecular formula is C15H30N2O3. The van der Waals surface area contributed by atoms with E-state index in [4.69, 9.17) is 4.74 Å². The molecule has 0 aromatic heterocycles. The second-order valence-electron chi connectivity index (χ2n) is 5.85. The number of nitrogens with zero attached hydrogens (tertiary/aromatic N) is 1. The number of rotatable bonds is 9. The Balaban J connectivity index is 2.29. The summed E-state index contributed by atoms with van der Waals surface area (Å²) >= 11 is 0. The molecule has 1 heterocycles. The average Bonchev–Trinajstić information content (AvgIpc) is 2.44. The van der Waals surface area contributed by atoms with Crippen LogP contribution in [0, 0.1) is 0 Å². The molecular weight excluding hydrogens is 256 g/mol. The minimum Gasteiger partial charge on any atom is -0.480 e. The zero-order valence-electron chi connectivity index (χ0n) is 13.2. The summed E-state index contributed by atoms with van der Waals surface area (Å²) in [4.78, 5) is 13.6. The highest BCUT2D eigenvalue weighted by molar-refractivity contribution is 5.78. The molecule has 1 aliphatic heterocycles. The van der Waals surface area contributed by atoms with Crippen LogP contribution >= 0.6 is 0 Å². The fourth-order valence-electron chi connectivity index (χ4n) is 2.88. The first kappa shape index (κ1) is 17.4. The van der Waals surface area contributed by atoms with Crippen molar-refractivity contribution < 1.29 is 14.6 Å². The molecule has 0 radical (unpaired) electrons. The van der Waals surface area contributed by atoms with E-state index in [0.717, 1.165) is 32.5 Å². The largest absolute Gasteiger partial charge is 0.480 e. The summed E-state index contributed by atoms with van der Waals surface area (Å²) in [5, 5.41) is 12.3. The zero-order chi connectivity index (χ0) is 15.0. The molecule has 2 atom stereocenters. The topological polar surface area (TPSA) is 61.8 Å². The Morgan fingerprint density at radius 3 is 2.75 bits per heavy atom. The van der Waals surface area contributed by atoms with E-state index in [1.54, 1.807) is 7.05 Å². The van der Waals surface area contributed by atoms with Gasteiger partial charge in [-0.15, -0.1) is 0 Å². The minimum absolute atomic E-state index is 0.355. The van der Waals surface area contributed by atoms with Crippen molar-refractivity contribution in [2.24, 2.45) is 0 Å². The Labute approximate surface area is 122 Å². The average molecular weight is 286 g/mol. The van der Waals surface area contributed by atoms with E-state index >= 15 is 0 Å². The Hall–Kier alpha value is -0.650. The Morgan fingerprint density at radius 1 is 1.50 bits per heavy atom. The number of likely N-dealkylation sites (N-methyl/N-ethyl adjacent to an activating group) is 2. The van der Waals surface area contributed by atoms with Crippen LogP contribution in [0.25, 0.3) is 0 Å². The van der Waals surface area contributed by atoms with Gasteiger partial charge in [0.2, 0.25) is 0 Å². The predicted octanol–water partition coefficient (Wildman–Crippen LogP) is 1.72. The quantitative estimate of drug-likeness (QED) is 0.676. The number of carboxylic acids is 1. The smallest absolute Gasteiger partial charge is 0.323 e. The second-order valence-corrected chi connectivity index (χ2v) is 5.85. The number of carbonyl (C=O) groups is 1. The molecule has 118 valence electrons. The Morgan fingerprint density at radius 2 is 2.25 bits per heavy atom. The van der Waals surface area contributed by atoms with E-state index < -0.39 is 11.5 Å². The highest BCUT2D eigenvalue weighted by Crippen LogP contribution is 2.18. The first-order valence-corrected chi connectivity index (χ1v) is 7.76. The van der Waals surface area contributed by atoms with Crippen LogP contribution < -0.4 is 5.32 Å². The fourth-order valence-corrected chi connectivity index (χ4v) is 2.88. The van der Waals surface area contributed by atoms with Crippen molar-refractivity contribution in [3.63, 3.8) is 0 Å². The molecule has 0 amide bonds. The molecule has 0 bridgehead atoms. The van der Waals surface area contributed by atoms with Crippen LogP contribution in [-0.4, -0.2) is 61.4 Å². The van der Waals surface area contributed by atoms with E-state index in [-0.39, 0.29) is 0 Å². The highest BCUT2D eigenvalue weighted by Gasteiger charge is 2.34. The summed E-state index contributed by atoms with van der Waals surface area (Å²) in [7, 11) is 3.82. The molecule has 0 saturated carbocycles. The molecule has 1 aliphatic rings. The lowest BCUT2D eigenvalue weighted by Crippen LogP contribution is -2.50. The van der Waals surface area contributed by atoms with E-state index in [1.165, 1.54) is 12.8 Å². The van der Waals surface area contributed by atoms with Crippen LogP contribution in [0.1, 0.15) is 45.4 Å². The van der Waals surface area contributed by atoms with Crippen LogP contribution in [0.5, 0.6) is 0 Å². The SMILES string of the molecule is CCC(CCCN(C)CC1CCCCO1)(NC)C(=O)O. The zero-order valence-corrected chi connectivity index (χ0v) is 13.2. The van der Waals surface area contributed by atoms with Crippen LogP contribution in [-0.2, 0) is 9.53 Å². The van der Waals surface area contributed by atoms with Gasteiger partial charge < -0.3 is 20.1 Å². The van der Waals surface area contributed by atoms with Gasteiger partial charge >= 0.3 is 5.97 Å². The lowest BCUT2D eigenvalue weighted by Gasteiger charge is -2.30. The molecule has 0 aromatic carbocycles. The predicted molar refractivity (Wildman–Crippen MR) is 80.0 cm³/mol.